The van der Waals surface area contributed by atoms with Gasteiger partial charge in [-0.3, -0.25) is 14.2 Å². The van der Waals surface area contributed by atoms with Crippen LogP contribution in [0.3, 0.4) is 0 Å². The van der Waals surface area contributed by atoms with E-state index in [4.69, 9.17) is 0 Å². The monoisotopic (exact) mass is 399 g/mol. The van der Waals surface area contributed by atoms with E-state index in [1.165, 1.54) is 33.8 Å². The topological polar surface area (TPSA) is 108 Å². The smallest absolute Gasteiger partial charge is 0.328 e. The zero-order valence-electron chi connectivity index (χ0n) is 15.4. The van der Waals surface area contributed by atoms with Gasteiger partial charge in [0.25, 0.3) is 11.5 Å². The predicted octanol–water partition coefficient (Wildman–Crippen LogP) is -0.381. The van der Waals surface area contributed by atoms with Gasteiger partial charge in [-0.1, -0.05) is 23.5 Å². The maximum Gasteiger partial charge on any atom is 0.332 e. The van der Waals surface area contributed by atoms with E-state index >= 15 is 0 Å². The molecule has 144 valence electrons. The summed E-state index contributed by atoms with van der Waals surface area (Å²) in [5, 5.41) is 4.13. The van der Waals surface area contributed by atoms with Gasteiger partial charge in [0.1, 0.15) is 6.54 Å². The first-order valence-electron chi connectivity index (χ1n) is 8.36. The molecule has 3 heterocycles. The van der Waals surface area contributed by atoms with E-state index in [1.807, 2.05) is 35.9 Å². The van der Waals surface area contributed by atoms with Gasteiger partial charge in [-0.15, -0.1) is 5.10 Å². The molecule has 0 aliphatic carbocycles. The number of hydrogen-bond acceptors (Lipinski definition) is 6. The first-order chi connectivity index (χ1) is 13.4. The minimum Gasteiger partial charge on any atom is -0.328 e. The second kappa shape index (κ2) is 6.60. The number of nitrogens with one attached hydrogen (secondary N) is 1. The average Bonchev–Trinajstić information content (AvgIpc) is 3.22. The summed E-state index contributed by atoms with van der Waals surface area (Å²) in [6, 6.07) is 7.78. The Morgan fingerprint density at radius 1 is 1.18 bits per heavy atom. The minimum absolute atomic E-state index is 0.253. The van der Waals surface area contributed by atoms with Crippen molar-refractivity contribution in [2.24, 2.45) is 26.2 Å². The van der Waals surface area contributed by atoms with Crippen molar-refractivity contribution >= 4 is 38.6 Å². The first kappa shape index (κ1) is 17.9. The lowest BCUT2D eigenvalue weighted by molar-refractivity contribution is -0.121. The minimum atomic E-state index is -0.612. The third-order valence-electron chi connectivity index (χ3n) is 4.49. The third kappa shape index (κ3) is 2.76. The number of carbonyl (C=O) groups is 1. The van der Waals surface area contributed by atoms with Crippen LogP contribution < -0.4 is 21.5 Å². The van der Waals surface area contributed by atoms with E-state index in [-0.39, 0.29) is 11.2 Å². The number of carbonyl (C=O) groups excluding carboxylic acids is 1. The highest BCUT2D eigenvalue weighted by molar-refractivity contribution is 7.16. The lowest BCUT2D eigenvalue weighted by Crippen LogP contribution is -2.43. The van der Waals surface area contributed by atoms with E-state index in [0.717, 1.165) is 14.8 Å². The van der Waals surface area contributed by atoms with Gasteiger partial charge >= 0.3 is 5.69 Å². The van der Waals surface area contributed by atoms with Gasteiger partial charge in [-0.2, -0.15) is 0 Å². The van der Waals surface area contributed by atoms with Crippen LogP contribution in [0.4, 0.5) is 0 Å². The molecule has 1 aromatic carbocycles. The van der Waals surface area contributed by atoms with Crippen LogP contribution in [-0.4, -0.2) is 29.2 Å². The van der Waals surface area contributed by atoms with Gasteiger partial charge in [-0.25, -0.2) is 19.8 Å². The molecule has 0 saturated heterocycles. The van der Waals surface area contributed by atoms with Crippen LogP contribution in [0.15, 0.2) is 45.3 Å². The molecule has 3 aromatic heterocycles. The number of imidazole rings is 1. The summed E-state index contributed by atoms with van der Waals surface area (Å²) < 4.78 is 6.53. The van der Waals surface area contributed by atoms with Crippen LogP contribution in [0.1, 0.15) is 0 Å². The molecule has 0 aliphatic heterocycles. The Labute approximate surface area is 161 Å². The summed E-state index contributed by atoms with van der Waals surface area (Å²) in [5.41, 5.74) is 2.76. The molecule has 4 rings (SSSR count). The Morgan fingerprint density at radius 2 is 1.93 bits per heavy atom. The van der Waals surface area contributed by atoms with Gasteiger partial charge < -0.3 is 9.13 Å². The highest BCUT2D eigenvalue weighted by Gasteiger charge is 2.16. The van der Waals surface area contributed by atoms with Crippen molar-refractivity contribution < 1.29 is 4.79 Å². The quantitative estimate of drug-likeness (QED) is 0.474. The molecule has 0 fully saturated rings. The van der Waals surface area contributed by atoms with Crippen LogP contribution in [-0.2, 0) is 32.5 Å². The molecule has 0 radical (unpaired) electrons. The number of benzene rings is 1. The van der Waals surface area contributed by atoms with Crippen molar-refractivity contribution in [3.63, 3.8) is 0 Å². The fraction of sp³-hybridized carbons (Fsp3) is 0.235. The predicted molar refractivity (Wildman–Crippen MR) is 105 cm³/mol. The van der Waals surface area contributed by atoms with Crippen molar-refractivity contribution in [3.05, 3.63) is 56.2 Å². The van der Waals surface area contributed by atoms with Gasteiger partial charge in [0.15, 0.2) is 11.2 Å². The number of para-hydroxylation sites is 1. The fourth-order valence-electron chi connectivity index (χ4n) is 3.01. The Balaban J connectivity index is 1.67. The average molecular weight is 399 g/mol. The molecule has 28 heavy (non-hydrogen) atoms. The van der Waals surface area contributed by atoms with Crippen molar-refractivity contribution in [2.75, 3.05) is 0 Å². The molecule has 1 amide bonds. The number of hydrogen-bond donors (Lipinski definition) is 1. The Morgan fingerprint density at radius 3 is 2.68 bits per heavy atom. The normalized spacial score (nSPS) is 12.2. The molecular weight excluding hydrogens is 382 g/mol. The van der Waals surface area contributed by atoms with E-state index < -0.39 is 23.7 Å². The standard InChI is InChI=1S/C17H17N7O3S/c1-21-9-18-14-13(21)15(26)24(17(27)23(14)3)8-12(25)19-20-16-22(2)10-6-4-5-7-11(10)28-16/h4-7,9H,8H2,1-3H3,(H,19,25). The number of aryl methyl sites for hydroxylation is 3. The number of thiazole rings is 1. The highest BCUT2D eigenvalue weighted by atomic mass is 32.1. The van der Waals surface area contributed by atoms with Gasteiger partial charge in [0, 0.05) is 21.1 Å². The van der Waals surface area contributed by atoms with E-state index in [1.54, 1.807) is 7.05 Å². The molecule has 10 nitrogen and oxygen atoms in total. The van der Waals surface area contributed by atoms with Gasteiger partial charge in [0.2, 0.25) is 4.80 Å². The van der Waals surface area contributed by atoms with Gasteiger partial charge in [-0.05, 0) is 12.1 Å². The largest absolute Gasteiger partial charge is 0.332 e. The lowest BCUT2D eigenvalue weighted by Gasteiger charge is -2.07. The lowest BCUT2D eigenvalue weighted by atomic mass is 10.3. The summed E-state index contributed by atoms with van der Waals surface area (Å²) in [7, 11) is 5.01. The van der Waals surface area contributed by atoms with Crippen LogP contribution in [0.2, 0.25) is 0 Å². The molecule has 0 aliphatic rings. The van der Waals surface area contributed by atoms with Crippen molar-refractivity contribution in [1.29, 1.82) is 0 Å². The molecular formula is C17H17N7O3S. The molecule has 0 atom stereocenters. The molecule has 0 bridgehead atoms. The summed E-state index contributed by atoms with van der Waals surface area (Å²) in [4.78, 5) is 42.1. The van der Waals surface area contributed by atoms with E-state index in [0.29, 0.717) is 4.80 Å². The molecule has 4 aromatic rings. The van der Waals surface area contributed by atoms with Crippen LogP contribution in [0.5, 0.6) is 0 Å². The van der Waals surface area contributed by atoms with Crippen LogP contribution in [0, 0.1) is 0 Å². The van der Waals surface area contributed by atoms with Crippen molar-refractivity contribution in [1.82, 2.24) is 28.7 Å². The van der Waals surface area contributed by atoms with E-state index in [9.17, 15) is 14.4 Å². The summed E-state index contributed by atoms with van der Waals surface area (Å²) in [6.45, 7) is -0.440. The Hall–Kier alpha value is -3.47. The summed E-state index contributed by atoms with van der Waals surface area (Å²) in [6.07, 6.45) is 1.45. The van der Waals surface area contributed by atoms with Crippen molar-refractivity contribution in [3.8, 4) is 0 Å². The molecule has 0 spiro atoms. The zero-order valence-corrected chi connectivity index (χ0v) is 16.2. The van der Waals surface area contributed by atoms with Crippen LogP contribution >= 0.6 is 11.3 Å². The summed E-state index contributed by atoms with van der Waals surface area (Å²) >= 11 is 1.42. The molecule has 0 unspecified atom stereocenters. The first-order valence-corrected chi connectivity index (χ1v) is 9.18. The zero-order chi connectivity index (χ0) is 20.0. The number of nitrogens with zero attached hydrogens (tertiary/aromatic N) is 6. The Bertz CT molecular complexity index is 1420. The number of rotatable bonds is 3. The van der Waals surface area contributed by atoms with Crippen molar-refractivity contribution in [2.45, 2.75) is 6.54 Å². The number of fused-ring (bicyclic) bond motifs is 2. The maximum atomic E-state index is 12.6. The third-order valence-corrected chi connectivity index (χ3v) is 5.61. The fourth-order valence-corrected chi connectivity index (χ4v) is 3.99. The molecule has 0 saturated carbocycles. The highest BCUT2D eigenvalue weighted by Crippen LogP contribution is 2.14. The molecule has 1 N–H and O–H groups in total. The SMILES string of the molecule is Cn1cnc2c1c(=O)n(CC(=O)NN=c1sc3ccccc3n1C)c(=O)n2C. The maximum absolute atomic E-state index is 12.6. The number of amides is 1. The summed E-state index contributed by atoms with van der Waals surface area (Å²) in [5.74, 6) is -0.571. The van der Waals surface area contributed by atoms with E-state index in [2.05, 4.69) is 15.5 Å². The molecule has 11 heteroatoms. The number of aromatic nitrogens is 5. The second-order valence-electron chi connectivity index (χ2n) is 6.32. The second-order valence-corrected chi connectivity index (χ2v) is 7.33. The Kier molecular flexibility index (Phi) is 4.23. The van der Waals surface area contributed by atoms with Gasteiger partial charge in [0.05, 0.1) is 16.5 Å². The van der Waals surface area contributed by atoms with Crippen LogP contribution in [0.25, 0.3) is 21.4 Å².